The molecule has 1 aliphatic rings. The van der Waals surface area contributed by atoms with Crippen LogP contribution in [0.15, 0.2) is 29.4 Å². The van der Waals surface area contributed by atoms with Crippen LogP contribution in [-0.4, -0.2) is 36.5 Å². The monoisotopic (exact) mass is 325 g/mol. The molecule has 1 aromatic carbocycles. The van der Waals surface area contributed by atoms with Crippen LogP contribution in [0, 0.1) is 16.0 Å². The van der Waals surface area contributed by atoms with Gasteiger partial charge >= 0.3 is 0 Å². The molecule has 118 valence electrons. The van der Waals surface area contributed by atoms with Crippen LogP contribution < -0.4 is 5.43 Å². The molecule has 0 aliphatic carbocycles. The number of non-ortho nitro benzene ring substituents is 1. The molecule has 1 aromatic rings. The average Bonchev–Trinajstić information content (AvgIpc) is 2.84. The molecule has 1 saturated heterocycles. The summed E-state index contributed by atoms with van der Waals surface area (Å²) < 4.78 is 22.6. The highest BCUT2D eigenvalue weighted by Gasteiger charge is 2.32. The van der Waals surface area contributed by atoms with E-state index in [0.717, 1.165) is 0 Å². The van der Waals surface area contributed by atoms with Gasteiger partial charge in [-0.2, -0.15) is 5.10 Å². The van der Waals surface area contributed by atoms with Crippen LogP contribution >= 0.6 is 0 Å². The number of hydrogen-bond donors (Lipinski definition) is 1. The van der Waals surface area contributed by atoms with E-state index in [-0.39, 0.29) is 17.2 Å². The Labute approximate surface area is 127 Å². The molecule has 1 fully saturated rings. The van der Waals surface area contributed by atoms with Gasteiger partial charge in [0.05, 0.1) is 28.1 Å². The molecule has 0 radical (unpaired) electrons. The Morgan fingerprint density at radius 1 is 1.36 bits per heavy atom. The SMILES string of the molecule is C/C(=N/NC(=O)[C@@H]1CCS(=O)(=O)C1)c1ccc([N+](=O)[O-])cc1. The van der Waals surface area contributed by atoms with E-state index in [0.29, 0.717) is 17.7 Å². The summed E-state index contributed by atoms with van der Waals surface area (Å²) in [5, 5.41) is 14.5. The second-order valence-electron chi connectivity index (χ2n) is 5.08. The van der Waals surface area contributed by atoms with E-state index in [2.05, 4.69) is 10.5 Å². The van der Waals surface area contributed by atoms with E-state index in [9.17, 15) is 23.3 Å². The zero-order valence-electron chi connectivity index (χ0n) is 11.9. The van der Waals surface area contributed by atoms with Crippen molar-refractivity contribution < 1.29 is 18.1 Å². The van der Waals surface area contributed by atoms with E-state index in [1.54, 1.807) is 6.92 Å². The Balaban J connectivity index is 2.00. The van der Waals surface area contributed by atoms with E-state index in [1.807, 2.05) is 0 Å². The van der Waals surface area contributed by atoms with Gasteiger partial charge in [0.25, 0.3) is 5.69 Å². The first-order valence-electron chi connectivity index (χ1n) is 6.58. The van der Waals surface area contributed by atoms with Gasteiger partial charge in [0.1, 0.15) is 0 Å². The summed E-state index contributed by atoms with van der Waals surface area (Å²) >= 11 is 0. The first kappa shape index (κ1) is 16.1. The van der Waals surface area contributed by atoms with Crippen molar-refractivity contribution in [2.24, 2.45) is 11.0 Å². The maximum absolute atomic E-state index is 11.8. The second-order valence-corrected chi connectivity index (χ2v) is 7.31. The molecule has 1 heterocycles. The molecular weight excluding hydrogens is 310 g/mol. The molecule has 1 amide bonds. The number of sulfone groups is 1. The lowest BCUT2D eigenvalue weighted by Crippen LogP contribution is -2.28. The highest BCUT2D eigenvalue weighted by Crippen LogP contribution is 2.18. The van der Waals surface area contributed by atoms with Crippen molar-refractivity contribution >= 4 is 27.1 Å². The third-order valence-corrected chi connectivity index (χ3v) is 5.20. The first-order valence-corrected chi connectivity index (χ1v) is 8.40. The number of carbonyl (C=O) groups is 1. The van der Waals surface area contributed by atoms with Crippen LogP contribution in [0.25, 0.3) is 0 Å². The van der Waals surface area contributed by atoms with E-state index in [4.69, 9.17) is 0 Å². The highest BCUT2D eigenvalue weighted by atomic mass is 32.2. The molecule has 0 unspecified atom stereocenters. The number of hydrogen-bond acceptors (Lipinski definition) is 6. The second kappa shape index (κ2) is 6.22. The minimum atomic E-state index is -3.12. The number of carbonyl (C=O) groups excluding carboxylic acids is 1. The number of nitrogens with one attached hydrogen (secondary N) is 1. The fourth-order valence-corrected chi connectivity index (χ4v) is 3.86. The van der Waals surface area contributed by atoms with Crippen molar-refractivity contribution in [3.05, 3.63) is 39.9 Å². The fourth-order valence-electron chi connectivity index (χ4n) is 2.12. The summed E-state index contributed by atoms with van der Waals surface area (Å²) in [7, 11) is -3.12. The number of amides is 1. The topological polar surface area (TPSA) is 119 Å². The van der Waals surface area contributed by atoms with Crippen LogP contribution in [0.3, 0.4) is 0 Å². The van der Waals surface area contributed by atoms with Gasteiger partial charge in [-0.05, 0) is 31.0 Å². The van der Waals surface area contributed by atoms with Gasteiger partial charge < -0.3 is 0 Å². The number of hydrazone groups is 1. The van der Waals surface area contributed by atoms with Crippen LogP contribution in [-0.2, 0) is 14.6 Å². The van der Waals surface area contributed by atoms with Crippen LogP contribution in [0.4, 0.5) is 5.69 Å². The minimum Gasteiger partial charge on any atom is -0.273 e. The molecule has 1 N–H and O–H groups in total. The molecule has 8 nitrogen and oxygen atoms in total. The van der Waals surface area contributed by atoms with Crippen molar-refractivity contribution in [1.29, 1.82) is 0 Å². The molecule has 1 aliphatic heterocycles. The Bertz CT molecular complexity index is 725. The van der Waals surface area contributed by atoms with Crippen molar-refractivity contribution in [1.82, 2.24) is 5.43 Å². The van der Waals surface area contributed by atoms with Gasteiger partial charge in [0.2, 0.25) is 5.91 Å². The molecule has 9 heteroatoms. The number of benzene rings is 1. The van der Waals surface area contributed by atoms with Gasteiger partial charge in [-0.1, -0.05) is 0 Å². The molecule has 0 spiro atoms. The van der Waals surface area contributed by atoms with Crippen LogP contribution in [0.1, 0.15) is 18.9 Å². The Hall–Kier alpha value is -2.29. The van der Waals surface area contributed by atoms with Gasteiger partial charge in [0.15, 0.2) is 9.84 Å². The van der Waals surface area contributed by atoms with Crippen molar-refractivity contribution in [3.8, 4) is 0 Å². The first-order chi connectivity index (χ1) is 10.3. The van der Waals surface area contributed by atoms with Gasteiger partial charge in [-0.15, -0.1) is 0 Å². The zero-order chi connectivity index (χ0) is 16.3. The Kier molecular flexibility index (Phi) is 4.55. The van der Waals surface area contributed by atoms with E-state index in [1.165, 1.54) is 24.3 Å². The minimum absolute atomic E-state index is 0.0239. The summed E-state index contributed by atoms with van der Waals surface area (Å²) in [5.41, 5.74) is 3.42. The number of nitro benzene ring substituents is 1. The lowest BCUT2D eigenvalue weighted by Gasteiger charge is -2.06. The highest BCUT2D eigenvalue weighted by molar-refractivity contribution is 7.91. The maximum Gasteiger partial charge on any atom is 0.269 e. The molecular formula is C13H15N3O5S. The number of rotatable bonds is 4. The average molecular weight is 325 g/mol. The molecule has 1 atom stereocenters. The van der Waals surface area contributed by atoms with Crippen molar-refractivity contribution in [2.45, 2.75) is 13.3 Å². The van der Waals surface area contributed by atoms with Crippen molar-refractivity contribution in [2.75, 3.05) is 11.5 Å². The lowest BCUT2D eigenvalue weighted by atomic mass is 10.1. The summed E-state index contributed by atoms with van der Waals surface area (Å²) in [4.78, 5) is 21.9. The molecule has 22 heavy (non-hydrogen) atoms. The number of nitro groups is 1. The molecule has 0 saturated carbocycles. The summed E-state index contributed by atoms with van der Waals surface area (Å²) in [6.45, 7) is 1.65. The largest absolute Gasteiger partial charge is 0.273 e. The van der Waals surface area contributed by atoms with Crippen LogP contribution in [0.2, 0.25) is 0 Å². The summed E-state index contributed by atoms with van der Waals surface area (Å²) in [6.07, 6.45) is 0.306. The third kappa shape index (κ3) is 3.88. The third-order valence-electron chi connectivity index (χ3n) is 3.43. The van der Waals surface area contributed by atoms with E-state index < -0.39 is 26.6 Å². The Morgan fingerprint density at radius 3 is 2.50 bits per heavy atom. The maximum atomic E-state index is 11.8. The van der Waals surface area contributed by atoms with Gasteiger partial charge in [-0.25, -0.2) is 13.8 Å². The summed E-state index contributed by atoms with van der Waals surface area (Å²) in [6, 6.07) is 5.76. The Morgan fingerprint density at radius 2 is 2.00 bits per heavy atom. The summed E-state index contributed by atoms with van der Waals surface area (Å²) in [5.74, 6) is -1.12. The lowest BCUT2D eigenvalue weighted by molar-refractivity contribution is -0.384. The number of nitrogens with zero attached hydrogens (tertiary/aromatic N) is 2. The normalized spacial score (nSPS) is 20.6. The quantitative estimate of drug-likeness (QED) is 0.500. The molecule has 0 bridgehead atoms. The standard InChI is InChI=1S/C13H15N3O5S/c1-9(10-2-4-12(5-3-10)16(18)19)14-15-13(17)11-6-7-22(20,21)8-11/h2-5,11H,6-8H2,1H3,(H,15,17)/b14-9-/t11-/m1/s1. The molecule has 2 rings (SSSR count). The van der Waals surface area contributed by atoms with Gasteiger partial charge in [0, 0.05) is 12.1 Å². The van der Waals surface area contributed by atoms with E-state index >= 15 is 0 Å². The smallest absolute Gasteiger partial charge is 0.269 e. The van der Waals surface area contributed by atoms with Crippen LogP contribution in [0.5, 0.6) is 0 Å². The fraction of sp³-hybridized carbons (Fsp3) is 0.385. The van der Waals surface area contributed by atoms with Gasteiger partial charge in [-0.3, -0.25) is 14.9 Å². The van der Waals surface area contributed by atoms with Crippen molar-refractivity contribution in [3.63, 3.8) is 0 Å². The predicted octanol–water partition coefficient (Wildman–Crippen LogP) is 0.870. The zero-order valence-corrected chi connectivity index (χ0v) is 12.7. The molecule has 0 aromatic heterocycles. The predicted molar refractivity (Wildman–Crippen MR) is 80.2 cm³/mol.